The maximum atomic E-state index is 11.9. The minimum atomic E-state index is -0.685. The number of methoxy groups -OCH3 is 1. The molecule has 0 unspecified atom stereocenters. The second kappa shape index (κ2) is 9.89. The van der Waals surface area contributed by atoms with Crippen molar-refractivity contribution in [2.75, 3.05) is 26.9 Å². The van der Waals surface area contributed by atoms with Gasteiger partial charge in [-0.1, -0.05) is 35.3 Å². The van der Waals surface area contributed by atoms with Gasteiger partial charge in [0.25, 0.3) is 5.91 Å². The number of rotatable bonds is 8. The Labute approximate surface area is 160 Å². The molecule has 1 N–H and O–H groups in total. The van der Waals surface area contributed by atoms with Gasteiger partial charge in [0.05, 0.1) is 19.2 Å². The number of hydrogen-bond acceptors (Lipinski definition) is 5. The Morgan fingerprint density at radius 3 is 2.35 bits per heavy atom. The van der Waals surface area contributed by atoms with E-state index in [0.717, 1.165) is 0 Å². The summed E-state index contributed by atoms with van der Waals surface area (Å²) in [5, 5.41) is 3.20. The summed E-state index contributed by atoms with van der Waals surface area (Å²) in [5.41, 5.74) is 0.176. The minimum Gasteiger partial charge on any atom is -0.493 e. The summed E-state index contributed by atoms with van der Waals surface area (Å²) >= 11 is 11.6. The van der Waals surface area contributed by atoms with Gasteiger partial charge in [0, 0.05) is 10.0 Å². The summed E-state index contributed by atoms with van der Waals surface area (Å²) in [6.07, 6.45) is 0. The SMILES string of the molecule is COc1ccccc1OCCNC(=O)COC(=O)c1cc(Cl)cc(Cl)c1. The van der Waals surface area contributed by atoms with Crippen molar-refractivity contribution in [2.24, 2.45) is 0 Å². The molecule has 2 aromatic carbocycles. The number of halogens is 2. The number of hydrogen-bond donors (Lipinski definition) is 1. The number of nitrogens with one attached hydrogen (secondary N) is 1. The van der Waals surface area contributed by atoms with E-state index < -0.39 is 18.5 Å². The van der Waals surface area contributed by atoms with Crippen LogP contribution in [0.3, 0.4) is 0 Å². The maximum Gasteiger partial charge on any atom is 0.338 e. The van der Waals surface area contributed by atoms with E-state index in [1.54, 1.807) is 19.2 Å². The molecule has 2 rings (SSSR count). The maximum absolute atomic E-state index is 11.9. The quantitative estimate of drug-likeness (QED) is 0.545. The highest BCUT2D eigenvalue weighted by atomic mass is 35.5. The number of esters is 1. The smallest absolute Gasteiger partial charge is 0.338 e. The van der Waals surface area contributed by atoms with E-state index in [0.29, 0.717) is 21.5 Å². The molecule has 0 radical (unpaired) electrons. The molecule has 0 saturated carbocycles. The average Bonchev–Trinajstić information content (AvgIpc) is 2.62. The van der Waals surface area contributed by atoms with Gasteiger partial charge < -0.3 is 19.5 Å². The first-order valence-electron chi connectivity index (χ1n) is 7.65. The lowest BCUT2D eigenvalue weighted by Gasteiger charge is -2.11. The third kappa shape index (κ3) is 6.13. The fourth-order valence-corrected chi connectivity index (χ4v) is 2.55. The molecule has 2 aromatic rings. The van der Waals surface area contributed by atoms with Crippen molar-refractivity contribution in [1.29, 1.82) is 0 Å². The fraction of sp³-hybridized carbons (Fsp3) is 0.222. The zero-order valence-electron chi connectivity index (χ0n) is 14.0. The zero-order chi connectivity index (χ0) is 18.9. The zero-order valence-corrected chi connectivity index (χ0v) is 15.5. The van der Waals surface area contributed by atoms with E-state index in [2.05, 4.69) is 5.32 Å². The van der Waals surface area contributed by atoms with Crippen LogP contribution in [0, 0.1) is 0 Å². The molecule has 0 aliphatic carbocycles. The van der Waals surface area contributed by atoms with Gasteiger partial charge in [-0.2, -0.15) is 0 Å². The second-order valence-electron chi connectivity index (χ2n) is 5.08. The van der Waals surface area contributed by atoms with E-state index in [-0.39, 0.29) is 18.7 Å². The van der Waals surface area contributed by atoms with E-state index in [1.807, 2.05) is 12.1 Å². The van der Waals surface area contributed by atoms with Crippen molar-refractivity contribution in [3.63, 3.8) is 0 Å². The number of amides is 1. The molecular formula is C18H17Cl2NO5. The van der Waals surface area contributed by atoms with E-state index in [4.69, 9.17) is 37.4 Å². The predicted octanol–water partition coefficient (Wildman–Crippen LogP) is 3.35. The van der Waals surface area contributed by atoms with Gasteiger partial charge in [0.1, 0.15) is 6.61 Å². The normalized spacial score (nSPS) is 10.1. The highest BCUT2D eigenvalue weighted by Crippen LogP contribution is 2.25. The first kappa shape index (κ1) is 19.9. The van der Waals surface area contributed by atoms with Crippen molar-refractivity contribution in [3.8, 4) is 11.5 Å². The lowest BCUT2D eigenvalue weighted by atomic mass is 10.2. The number of ether oxygens (including phenoxy) is 3. The van der Waals surface area contributed by atoms with Crippen LogP contribution < -0.4 is 14.8 Å². The monoisotopic (exact) mass is 397 g/mol. The molecule has 138 valence electrons. The van der Waals surface area contributed by atoms with E-state index in [9.17, 15) is 9.59 Å². The van der Waals surface area contributed by atoms with Gasteiger partial charge in [-0.3, -0.25) is 4.79 Å². The minimum absolute atomic E-state index is 0.176. The molecule has 0 fully saturated rings. The fourth-order valence-electron chi connectivity index (χ4n) is 2.03. The lowest BCUT2D eigenvalue weighted by Crippen LogP contribution is -2.32. The van der Waals surface area contributed by atoms with Crippen LogP contribution in [0.25, 0.3) is 0 Å². The van der Waals surface area contributed by atoms with Crippen LogP contribution in [0.2, 0.25) is 10.0 Å². The van der Waals surface area contributed by atoms with Crippen molar-refractivity contribution in [3.05, 3.63) is 58.1 Å². The summed E-state index contributed by atoms with van der Waals surface area (Å²) in [5.74, 6) is 0.0476. The Morgan fingerprint density at radius 1 is 1.04 bits per heavy atom. The topological polar surface area (TPSA) is 73.9 Å². The third-order valence-corrected chi connectivity index (χ3v) is 3.62. The number of carbonyl (C=O) groups is 2. The molecule has 6 nitrogen and oxygen atoms in total. The average molecular weight is 398 g/mol. The highest BCUT2D eigenvalue weighted by molar-refractivity contribution is 6.35. The standard InChI is InChI=1S/C18H17Cl2NO5/c1-24-15-4-2-3-5-16(15)25-7-6-21-17(22)11-26-18(23)12-8-13(19)10-14(20)9-12/h2-5,8-10H,6-7,11H2,1H3,(H,21,22). The van der Waals surface area contributed by atoms with Crippen molar-refractivity contribution in [1.82, 2.24) is 5.32 Å². The Balaban J connectivity index is 1.71. The Morgan fingerprint density at radius 2 is 1.69 bits per heavy atom. The van der Waals surface area contributed by atoms with Gasteiger partial charge in [-0.15, -0.1) is 0 Å². The molecule has 1 amide bonds. The Kier molecular flexibility index (Phi) is 7.56. The second-order valence-corrected chi connectivity index (χ2v) is 5.96. The van der Waals surface area contributed by atoms with Crippen LogP contribution >= 0.6 is 23.2 Å². The molecule has 0 spiro atoms. The molecule has 0 bridgehead atoms. The first-order chi connectivity index (χ1) is 12.5. The van der Waals surface area contributed by atoms with Gasteiger partial charge >= 0.3 is 5.97 Å². The molecule has 0 atom stereocenters. The van der Waals surface area contributed by atoms with Crippen LogP contribution in [-0.2, 0) is 9.53 Å². The number of carbonyl (C=O) groups excluding carboxylic acids is 2. The summed E-state index contributed by atoms with van der Waals surface area (Å²) in [6.45, 7) is 0.0685. The predicted molar refractivity (Wildman–Crippen MR) is 98.2 cm³/mol. The van der Waals surface area contributed by atoms with E-state index >= 15 is 0 Å². The van der Waals surface area contributed by atoms with Crippen LogP contribution in [0.15, 0.2) is 42.5 Å². The molecule has 0 aliphatic rings. The molecule has 0 saturated heterocycles. The Bertz CT molecular complexity index is 762. The molecular weight excluding hydrogens is 381 g/mol. The summed E-state index contributed by atoms with van der Waals surface area (Å²) in [6, 6.07) is 11.5. The van der Waals surface area contributed by atoms with Gasteiger partial charge in [-0.25, -0.2) is 4.79 Å². The first-order valence-corrected chi connectivity index (χ1v) is 8.41. The van der Waals surface area contributed by atoms with Gasteiger partial charge in [-0.05, 0) is 30.3 Å². The molecule has 26 heavy (non-hydrogen) atoms. The summed E-state index contributed by atoms with van der Waals surface area (Å²) in [7, 11) is 1.55. The van der Waals surface area contributed by atoms with Crippen molar-refractivity contribution < 1.29 is 23.8 Å². The van der Waals surface area contributed by atoms with Crippen molar-refractivity contribution >= 4 is 35.1 Å². The van der Waals surface area contributed by atoms with Gasteiger partial charge in [0.15, 0.2) is 18.1 Å². The molecule has 0 aromatic heterocycles. The molecule has 0 heterocycles. The largest absolute Gasteiger partial charge is 0.493 e. The highest BCUT2D eigenvalue weighted by Gasteiger charge is 2.12. The summed E-state index contributed by atoms with van der Waals surface area (Å²) < 4.78 is 15.6. The van der Waals surface area contributed by atoms with Crippen molar-refractivity contribution in [2.45, 2.75) is 0 Å². The van der Waals surface area contributed by atoms with Crippen LogP contribution in [0.1, 0.15) is 10.4 Å². The van der Waals surface area contributed by atoms with Crippen LogP contribution in [0.4, 0.5) is 0 Å². The van der Waals surface area contributed by atoms with Crippen LogP contribution in [0.5, 0.6) is 11.5 Å². The van der Waals surface area contributed by atoms with Gasteiger partial charge in [0.2, 0.25) is 0 Å². The Hall–Kier alpha value is -2.44. The summed E-state index contributed by atoms with van der Waals surface area (Å²) in [4.78, 5) is 23.6. The number of benzene rings is 2. The molecule has 0 aliphatic heterocycles. The van der Waals surface area contributed by atoms with E-state index in [1.165, 1.54) is 18.2 Å². The number of para-hydroxylation sites is 2. The molecule has 8 heteroatoms. The van der Waals surface area contributed by atoms with Crippen LogP contribution in [-0.4, -0.2) is 38.7 Å². The lowest BCUT2D eigenvalue weighted by molar-refractivity contribution is -0.124. The third-order valence-electron chi connectivity index (χ3n) is 3.18.